The zero-order chi connectivity index (χ0) is 18.7. The van der Waals surface area contributed by atoms with Gasteiger partial charge < -0.3 is 10.8 Å². The highest BCUT2D eigenvalue weighted by Crippen LogP contribution is 2.40. The van der Waals surface area contributed by atoms with E-state index in [4.69, 9.17) is 17.3 Å². The van der Waals surface area contributed by atoms with Crippen molar-refractivity contribution in [2.45, 2.75) is 18.8 Å². The van der Waals surface area contributed by atoms with Crippen molar-refractivity contribution < 1.29 is 9.90 Å². The zero-order valence-corrected chi connectivity index (χ0v) is 15.1. The third kappa shape index (κ3) is 3.73. The van der Waals surface area contributed by atoms with E-state index < -0.39 is 11.8 Å². The maximum absolute atomic E-state index is 12.5. The number of amides is 1. The molecule has 3 nitrogen and oxygen atoms in total. The largest absolute Gasteiger partial charge is 0.508 e. The van der Waals surface area contributed by atoms with Crippen LogP contribution in [0.2, 0.25) is 5.02 Å². The standard InChI is InChI=1S/C22H20ClNO2/c1-14-13-17(23)9-12-19(14)20(15-5-3-2-4-6-15)21(22(24)26)16-7-10-18(25)11-8-16/h2-13,20-21,25H,1H3,(H2,24,26). The van der Waals surface area contributed by atoms with E-state index in [1.807, 2.05) is 55.5 Å². The fourth-order valence-electron chi connectivity index (χ4n) is 3.40. The van der Waals surface area contributed by atoms with Gasteiger partial charge in [-0.1, -0.05) is 60.1 Å². The van der Waals surface area contributed by atoms with Gasteiger partial charge in [0.25, 0.3) is 0 Å². The number of carbonyl (C=O) groups excluding carboxylic acids is 1. The third-order valence-electron chi connectivity index (χ3n) is 4.62. The van der Waals surface area contributed by atoms with Gasteiger partial charge in [-0.15, -0.1) is 0 Å². The lowest BCUT2D eigenvalue weighted by molar-refractivity contribution is -0.119. The molecule has 0 saturated carbocycles. The number of aryl methyl sites for hydroxylation is 1. The van der Waals surface area contributed by atoms with Gasteiger partial charge in [0.1, 0.15) is 5.75 Å². The fraction of sp³-hybridized carbons (Fsp3) is 0.136. The summed E-state index contributed by atoms with van der Waals surface area (Å²) < 4.78 is 0. The Morgan fingerprint density at radius 2 is 1.62 bits per heavy atom. The molecule has 3 N–H and O–H groups in total. The summed E-state index contributed by atoms with van der Waals surface area (Å²) in [4.78, 5) is 12.5. The number of phenols is 1. The molecule has 0 fully saturated rings. The molecule has 0 spiro atoms. The van der Waals surface area contributed by atoms with E-state index >= 15 is 0 Å². The Morgan fingerprint density at radius 3 is 2.19 bits per heavy atom. The van der Waals surface area contributed by atoms with E-state index in [2.05, 4.69) is 0 Å². The molecule has 0 heterocycles. The van der Waals surface area contributed by atoms with E-state index in [1.54, 1.807) is 24.3 Å². The van der Waals surface area contributed by atoms with Crippen LogP contribution >= 0.6 is 11.6 Å². The number of nitrogens with two attached hydrogens (primary N) is 1. The number of aromatic hydroxyl groups is 1. The average molecular weight is 366 g/mol. The third-order valence-corrected chi connectivity index (χ3v) is 4.85. The number of rotatable bonds is 5. The Morgan fingerprint density at radius 1 is 0.962 bits per heavy atom. The van der Waals surface area contributed by atoms with Gasteiger partial charge in [-0.2, -0.15) is 0 Å². The number of hydrogen-bond donors (Lipinski definition) is 2. The number of hydrogen-bond acceptors (Lipinski definition) is 2. The summed E-state index contributed by atoms with van der Waals surface area (Å²) in [6, 6.07) is 22.1. The molecule has 1 amide bonds. The van der Waals surface area contributed by atoms with Crippen molar-refractivity contribution in [3.05, 3.63) is 100 Å². The Balaban J connectivity index is 2.20. The summed E-state index contributed by atoms with van der Waals surface area (Å²) in [5, 5.41) is 10.2. The molecule has 3 aromatic carbocycles. The average Bonchev–Trinajstić information content (AvgIpc) is 2.62. The molecular formula is C22H20ClNO2. The van der Waals surface area contributed by atoms with Crippen molar-refractivity contribution in [1.29, 1.82) is 0 Å². The second-order valence-electron chi connectivity index (χ2n) is 6.36. The van der Waals surface area contributed by atoms with Gasteiger partial charge in [0.2, 0.25) is 5.91 Å². The maximum Gasteiger partial charge on any atom is 0.225 e. The van der Waals surface area contributed by atoms with E-state index in [9.17, 15) is 9.90 Å². The quantitative estimate of drug-likeness (QED) is 0.685. The zero-order valence-electron chi connectivity index (χ0n) is 14.4. The summed E-state index contributed by atoms with van der Waals surface area (Å²) in [6.45, 7) is 1.98. The van der Waals surface area contributed by atoms with Gasteiger partial charge in [0, 0.05) is 10.9 Å². The second kappa shape index (κ2) is 7.63. The molecule has 0 aromatic heterocycles. The molecule has 2 atom stereocenters. The van der Waals surface area contributed by atoms with E-state index in [1.165, 1.54) is 0 Å². The summed E-state index contributed by atoms with van der Waals surface area (Å²) in [6.07, 6.45) is 0. The van der Waals surface area contributed by atoms with Crippen molar-refractivity contribution in [1.82, 2.24) is 0 Å². The molecule has 0 aliphatic rings. The molecule has 4 heteroatoms. The van der Waals surface area contributed by atoms with Crippen LogP contribution < -0.4 is 5.73 Å². The van der Waals surface area contributed by atoms with Crippen LogP contribution in [0.3, 0.4) is 0 Å². The Kier molecular flexibility index (Phi) is 5.29. The van der Waals surface area contributed by atoms with E-state index in [0.717, 1.165) is 22.3 Å². The molecule has 0 saturated heterocycles. The lowest BCUT2D eigenvalue weighted by Crippen LogP contribution is -2.28. The van der Waals surface area contributed by atoms with Gasteiger partial charge in [0.15, 0.2) is 0 Å². The van der Waals surface area contributed by atoms with Gasteiger partial charge >= 0.3 is 0 Å². The molecule has 0 aliphatic heterocycles. The van der Waals surface area contributed by atoms with Crippen molar-refractivity contribution >= 4 is 17.5 Å². The highest BCUT2D eigenvalue weighted by Gasteiger charge is 2.32. The predicted octanol–water partition coefficient (Wildman–Crippen LogP) is 4.76. The molecular weight excluding hydrogens is 346 g/mol. The lowest BCUT2D eigenvalue weighted by Gasteiger charge is -2.28. The summed E-state index contributed by atoms with van der Waals surface area (Å²) >= 11 is 6.12. The minimum Gasteiger partial charge on any atom is -0.508 e. The maximum atomic E-state index is 12.5. The normalized spacial score (nSPS) is 13.2. The van der Waals surface area contributed by atoms with Crippen LogP contribution in [0.5, 0.6) is 5.75 Å². The molecule has 3 aromatic rings. The number of phenolic OH excluding ortho intramolecular Hbond substituents is 1. The smallest absolute Gasteiger partial charge is 0.225 e. The summed E-state index contributed by atoms with van der Waals surface area (Å²) in [7, 11) is 0. The number of benzene rings is 3. The van der Waals surface area contributed by atoms with Crippen LogP contribution in [0.15, 0.2) is 72.8 Å². The first-order chi connectivity index (χ1) is 12.5. The first-order valence-corrected chi connectivity index (χ1v) is 8.74. The van der Waals surface area contributed by atoms with Crippen LogP contribution in [-0.4, -0.2) is 11.0 Å². The molecule has 132 valence electrons. The lowest BCUT2D eigenvalue weighted by atomic mass is 9.75. The number of carbonyl (C=O) groups is 1. The van der Waals surface area contributed by atoms with E-state index in [0.29, 0.717) is 5.02 Å². The minimum atomic E-state index is -0.571. The van der Waals surface area contributed by atoms with E-state index in [-0.39, 0.29) is 11.7 Å². The van der Waals surface area contributed by atoms with Gasteiger partial charge in [-0.25, -0.2) is 0 Å². The van der Waals surface area contributed by atoms with Crippen molar-refractivity contribution in [3.8, 4) is 5.75 Å². The van der Waals surface area contributed by atoms with Crippen molar-refractivity contribution in [3.63, 3.8) is 0 Å². The van der Waals surface area contributed by atoms with Crippen LogP contribution in [0.4, 0.5) is 0 Å². The Bertz CT molecular complexity index is 907. The van der Waals surface area contributed by atoms with Crippen LogP contribution in [0.1, 0.15) is 34.1 Å². The highest BCUT2D eigenvalue weighted by atomic mass is 35.5. The number of primary amides is 1. The molecule has 0 bridgehead atoms. The van der Waals surface area contributed by atoms with Crippen molar-refractivity contribution in [2.24, 2.45) is 5.73 Å². The molecule has 0 aliphatic carbocycles. The highest BCUT2D eigenvalue weighted by molar-refractivity contribution is 6.30. The van der Waals surface area contributed by atoms with Gasteiger partial charge in [-0.05, 0) is 53.4 Å². The number of halogens is 1. The van der Waals surface area contributed by atoms with Crippen LogP contribution in [0, 0.1) is 6.92 Å². The predicted molar refractivity (Wildman–Crippen MR) is 105 cm³/mol. The minimum absolute atomic E-state index is 0.149. The summed E-state index contributed by atoms with van der Waals surface area (Å²) in [5.74, 6) is -1.09. The molecule has 0 radical (unpaired) electrons. The van der Waals surface area contributed by atoms with Gasteiger partial charge in [0.05, 0.1) is 5.92 Å². The van der Waals surface area contributed by atoms with Crippen LogP contribution in [0.25, 0.3) is 0 Å². The fourth-order valence-corrected chi connectivity index (χ4v) is 3.63. The Labute approximate surface area is 158 Å². The molecule has 2 unspecified atom stereocenters. The topological polar surface area (TPSA) is 63.3 Å². The first kappa shape index (κ1) is 18.0. The Hall–Kier alpha value is -2.78. The van der Waals surface area contributed by atoms with Crippen LogP contribution in [-0.2, 0) is 4.79 Å². The van der Waals surface area contributed by atoms with Crippen molar-refractivity contribution in [2.75, 3.05) is 0 Å². The molecule has 26 heavy (non-hydrogen) atoms. The monoisotopic (exact) mass is 365 g/mol. The second-order valence-corrected chi connectivity index (χ2v) is 6.80. The first-order valence-electron chi connectivity index (χ1n) is 8.36. The summed E-state index contributed by atoms with van der Waals surface area (Å²) in [5.41, 5.74) is 9.59. The SMILES string of the molecule is Cc1cc(Cl)ccc1C(c1ccccc1)C(C(N)=O)c1ccc(O)cc1. The van der Waals surface area contributed by atoms with Gasteiger partial charge in [-0.3, -0.25) is 4.79 Å². The molecule has 3 rings (SSSR count).